The minimum absolute atomic E-state index is 0.0382. The molecule has 0 unspecified atom stereocenters. The van der Waals surface area contributed by atoms with Crippen LogP contribution in [0, 0.1) is 0 Å². The van der Waals surface area contributed by atoms with Crippen molar-refractivity contribution in [3.8, 4) is 0 Å². The van der Waals surface area contributed by atoms with E-state index in [0.717, 1.165) is 22.1 Å². The Kier molecular flexibility index (Phi) is 9.22. The van der Waals surface area contributed by atoms with Gasteiger partial charge in [0.25, 0.3) is 0 Å². The standard InChI is InChI=1S/C35H37N3O7/c1-35(2,3)45-34(42)37-21-26(27-16-10-11-17-29(27)37)18-28(32(40)43-4)36-31(39)30-19-24-14-8-9-15-25(24)20-38(30)33(41)44-22-23-12-6-5-7-13-23/h5-17,21,28,30H,18-20,22H2,1-4H3,(H,36,39)/t28-,30-/m0/s1. The number of nitrogens with one attached hydrogen (secondary N) is 1. The molecule has 45 heavy (non-hydrogen) atoms. The molecule has 5 rings (SSSR count). The number of methoxy groups -OCH3 is 1. The molecule has 4 aromatic rings. The summed E-state index contributed by atoms with van der Waals surface area (Å²) in [6.07, 6.45) is 0.702. The average molecular weight is 612 g/mol. The number of ether oxygens (including phenoxy) is 3. The fourth-order valence-electron chi connectivity index (χ4n) is 5.45. The molecule has 2 atom stereocenters. The minimum Gasteiger partial charge on any atom is -0.467 e. The molecule has 3 aromatic carbocycles. The third-order valence-electron chi connectivity index (χ3n) is 7.60. The Labute approximate surface area is 261 Å². The highest BCUT2D eigenvalue weighted by atomic mass is 16.6. The Bertz CT molecular complexity index is 1710. The Hall–Kier alpha value is -5.12. The van der Waals surface area contributed by atoms with Crippen LogP contribution in [0.15, 0.2) is 85.1 Å². The summed E-state index contributed by atoms with van der Waals surface area (Å²) in [5, 5.41) is 3.55. The van der Waals surface area contributed by atoms with E-state index in [1.54, 1.807) is 39.1 Å². The van der Waals surface area contributed by atoms with E-state index in [9.17, 15) is 19.2 Å². The van der Waals surface area contributed by atoms with Crippen LogP contribution in [0.4, 0.5) is 9.59 Å². The maximum Gasteiger partial charge on any atom is 0.419 e. The van der Waals surface area contributed by atoms with Crippen molar-refractivity contribution in [2.45, 2.75) is 64.4 Å². The lowest BCUT2D eigenvalue weighted by Crippen LogP contribution is -2.56. The maximum atomic E-state index is 13.9. The highest BCUT2D eigenvalue weighted by Crippen LogP contribution is 2.27. The third-order valence-corrected chi connectivity index (χ3v) is 7.60. The van der Waals surface area contributed by atoms with Crippen LogP contribution in [0.3, 0.4) is 0 Å². The number of nitrogens with zero attached hydrogens (tertiary/aromatic N) is 2. The predicted molar refractivity (Wildman–Crippen MR) is 167 cm³/mol. The van der Waals surface area contributed by atoms with Crippen molar-refractivity contribution in [2.75, 3.05) is 7.11 Å². The monoisotopic (exact) mass is 611 g/mol. The first-order chi connectivity index (χ1) is 21.5. The molecular weight excluding hydrogens is 574 g/mol. The third kappa shape index (κ3) is 7.34. The van der Waals surface area contributed by atoms with Crippen LogP contribution in [-0.2, 0) is 49.8 Å². The van der Waals surface area contributed by atoms with Gasteiger partial charge in [0.2, 0.25) is 5.91 Å². The van der Waals surface area contributed by atoms with Crippen molar-refractivity contribution >= 4 is 35.0 Å². The Morgan fingerprint density at radius 2 is 1.56 bits per heavy atom. The number of esters is 1. The molecule has 1 aliphatic rings. The van der Waals surface area contributed by atoms with E-state index in [2.05, 4.69) is 5.32 Å². The number of rotatable bonds is 7. The first-order valence-corrected chi connectivity index (χ1v) is 14.8. The number of aromatic nitrogens is 1. The predicted octanol–water partition coefficient (Wildman–Crippen LogP) is 5.39. The Morgan fingerprint density at radius 3 is 2.27 bits per heavy atom. The molecule has 10 nitrogen and oxygen atoms in total. The molecule has 1 aromatic heterocycles. The lowest BCUT2D eigenvalue weighted by molar-refractivity contribution is -0.145. The number of carbonyl (C=O) groups is 4. The second-order valence-corrected chi connectivity index (χ2v) is 12.0. The van der Waals surface area contributed by atoms with E-state index >= 15 is 0 Å². The van der Waals surface area contributed by atoms with Crippen molar-refractivity contribution in [1.29, 1.82) is 0 Å². The van der Waals surface area contributed by atoms with E-state index in [0.29, 0.717) is 11.1 Å². The van der Waals surface area contributed by atoms with Crippen LogP contribution in [0.1, 0.15) is 43.0 Å². The van der Waals surface area contributed by atoms with E-state index in [-0.39, 0.29) is 26.0 Å². The van der Waals surface area contributed by atoms with E-state index in [1.165, 1.54) is 16.6 Å². The second kappa shape index (κ2) is 13.3. The molecular formula is C35H37N3O7. The van der Waals surface area contributed by atoms with Gasteiger partial charge in [-0.1, -0.05) is 72.8 Å². The zero-order valence-corrected chi connectivity index (χ0v) is 25.8. The lowest BCUT2D eigenvalue weighted by atomic mass is 9.93. The van der Waals surface area contributed by atoms with Gasteiger partial charge in [0.05, 0.1) is 19.2 Å². The largest absolute Gasteiger partial charge is 0.467 e. The van der Waals surface area contributed by atoms with Gasteiger partial charge in [0.1, 0.15) is 24.3 Å². The van der Waals surface area contributed by atoms with Gasteiger partial charge >= 0.3 is 18.2 Å². The number of carbonyl (C=O) groups excluding carboxylic acids is 4. The molecule has 0 spiro atoms. The molecule has 1 aliphatic heterocycles. The fraction of sp³-hybridized carbons (Fsp3) is 0.314. The molecule has 0 saturated heterocycles. The second-order valence-electron chi connectivity index (χ2n) is 12.0. The summed E-state index contributed by atoms with van der Waals surface area (Å²) >= 11 is 0. The molecule has 234 valence electrons. The molecule has 0 aliphatic carbocycles. The summed E-state index contributed by atoms with van der Waals surface area (Å²) in [7, 11) is 1.25. The van der Waals surface area contributed by atoms with Crippen molar-refractivity contribution in [2.24, 2.45) is 0 Å². The zero-order chi connectivity index (χ0) is 32.1. The smallest absolute Gasteiger partial charge is 0.419 e. The quantitative estimate of drug-likeness (QED) is 0.220. The summed E-state index contributed by atoms with van der Waals surface area (Å²) in [6.45, 7) is 5.58. The first kappa shape index (κ1) is 31.3. The number of hydrogen-bond donors (Lipinski definition) is 1. The molecule has 0 saturated carbocycles. The normalized spacial score (nSPS) is 15.1. The van der Waals surface area contributed by atoms with E-state index in [4.69, 9.17) is 14.2 Å². The average Bonchev–Trinajstić information content (AvgIpc) is 3.40. The van der Waals surface area contributed by atoms with Crippen LogP contribution >= 0.6 is 0 Å². The van der Waals surface area contributed by atoms with Crippen molar-refractivity contribution < 1.29 is 33.4 Å². The molecule has 0 fully saturated rings. The molecule has 2 heterocycles. The van der Waals surface area contributed by atoms with Gasteiger partial charge in [0.15, 0.2) is 0 Å². The maximum absolute atomic E-state index is 13.9. The van der Waals surface area contributed by atoms with Crippen molar-refractivity contribution in [3.63, 3.8) is 0 Å². The number of hydrogen-bond acceptors (Lipinski definition) is 7. The summed E-state index contributed by atoms with van der Waals surface area (Å²) < 4.78 is 17.7. The molecule has 0 radical (unpaired) electrons. The first-order valence-electron chi connectivity index (χ1n) is 14.8. The van der Waals surface area contributed by atoms with Gasteiger partial charge in [-0.15, -0.1) is 0 Å². The number of fused-ring (bicyclic) bond motifs is 2. The summed E-state index contributed by atoms with van der Waals surface area (Å²) in [6, 6.07) is 22.1. The lowest BCUT2D eigenvalue weighted by Gasteiger charge is -2.35. The summed E-state index contributed by atoms with van der Waals surface area (Å²) in [5.74, 6) is -1.18. The molecule has 1 N–H and O–H groups in total. The van der Waals surface area contributed by atoms with E-state index in [1.807, 2.05) is 66.7 Å². The summed E-state index contributed by atoms with van der Waals surface area (Å²) in [5.41, 5.74) is 3.20. The van der Waals surface area contributed by atoms with E-state index < -0.39 is 41.7 Å². The SMILES string of the molecule is COC(=O)[C@H](Cc1cn(C(=O)OC(C)(C)C)c2ccccc12)NC(=O)[C@@H]1Cc2ccccc2CN1C(=O)OCc1ccccc1. The minimum atomic E-state index is -1.10. The Balaban J connectivity index is 1.40. The van der Waals surface area contributed by atoms with Crippen LogP contribution < -0.4 is 5.32 Å². The van der Waals surface area contributed by atoms with Crippen LogP contribution in [-0.4, -0.2) is 58.3 Å². The van der Waals surface area contributed by atoms with Gasteiger partial charge < -0.3 is 19.5 Å². The number of para-hydroxylation sites is 1. The highest BCUT2D eigenvalue weighted by Gasteiger charge is 2.37. The van der Waals surface area contributed by atoms with Crippen molar-refractivity contribution in [3.05, 3.63) is 107 Å². The van der Waals surface area contributed by atoms with Crippen LogP contribution in [0.2, 0.25) is 0 Å². The number of amides is 2. The molecule has 0 bridgehead atoms. The molecule has 10 heteroatoms. The zero-order valence-electron chi connectivity index (χ0n) is 25.8. The highest BCUT2D eigenvalue weighted by molar-refractivity contribution is 5.94. The van der Waals surface area contributed by atoms with Gasteiger partial charge in [-0.05, 0) is 49.1 Å². The van der Waals surface area contributed by atoms with Gasteiger partial charge in [-0.2, -0.15) is 0 Å². The topological polar surface area (TPSA) is 116 Å². The Morgan fingerprint density at radius 1 is 0.889 bits per heavy atom. The molecule has 2 amide bonds. The number of benzene rings is 3. The van der Waals surface area contributed by atoms with Gasteiger partial charge in [0, 0.05) is 24.4 Å². The van der Waals surface area contributed by atoms with Crippen molar-refractivity contribution in [1.82, 2.24) is 14.8 Å². The fourth-order valence-corrected chi connectivity index (χ4v) is 5.45. The van der Waals surface area contributed by atoms with Crippen LogP contribution in [0.25, 0.3) is 10.9 Å². The summed E-state index contributed by atoms with van der Waals surface area (Å²) in [4.78, 5) is 54.7. The van der Waals surface area contributed by atoms with Crippen LogP contribution in [0.5, 0.6) is 0 Å². The van der Waals surface area contributed by atoms with Gasteiger partial charge in [-0.25, -0.2) is 14.4 Å². The van der Waals surface area contributed by atoms with Gasteiger partial charge in [-0.3, -0.25) is 14.3 Å².